The van der Waals surface area contributed by atoms with Crippen LogP contribution >= 0.6 is 0 Å². The molecule has 0 aliphatic rings. The van der Waals surface area contributed by atoms with Gasteiger partial charge in [-0.15, -0.1) is 0 Å². The molecule has 0 saturated carbocycles. The van der Waals surface area contributed by atoms with Gasteiger partial charge in [0.25, 0.3) is 0 Å². The summed E-state index contributed by atoms with van der Waals surface area (Å²) in [7, 11) is 0. The number of hydrogen-bond donors (Lipinski definition) is 2. The van der Waals surface area contributed by atoms with Crippen LogP contribution in [0.3, 0.4) is 0 Å². The predicted molar refractivity (Wildman–Crippen MR) is 170 cm³/mol. The maximum Gasteiger partial charge on any atom is 0.224 e. The zero-order valence-corrected chi connectivity index (χ0v) is 30.1. The van der Waals surface area contributed by atoms with Crippen molar-refractivity contribution in [2.75, 3.05) is 10.6 Å². The minimum absolute atomic E-state index is 0. The van der Waals surface area contributed by atoms with Gasteiger partial charge in [0.15, 0.2) is 24.8 Å². The van der Waals surface area contributed by atoms with E-state index < -0.39 is 0 Å². The van der Waals surface area contributed by atoms with Gasteiger partial charge < -0.3 is 44.6 Å². The molecule has 0 saturated heterocycles. The Morgan fingerprint density at radius 1 is 0.535 bits per heavy atom. The summed E-state index contributed by atoms with van der Waals surface area (Å²) in [5.74, 6) is -0.101. The molecule has 43 heavy (non-hydrogen) atoms. The Hall–Kier alpha value is -1.80. The first-order valence-electron chi connectivity index (χ1n) is 16.7. The zero-order chi connectivity index (χ0) is 29.4. The topological polar surface area (TPSA) is 66.0 Å². The van der Waals surface area contributed by atoms with Gasteiger partial charge in [-0.25, -0.2) is 9.13 Å². The van der Waals surface area contributed by atoms with Crippen molar-refractivity contribution in [3.8, 4) is 0 Å². The molecule has 2 heterocycles. The lowest BCUT2D eigenvalue weighted by Crippen LogP contribution is -3.00. The molecule has 0 unspecified atom stereocenters. The van der Waals surface area contributed by atoms with Gasteiger partial charge >= 0.3 is 0 Å². The van der Waals surface area contributed by atoms with Crippen LogP contribution in [0.1, 0.15) is 136 Å². The van der Waals surface area contributed by atoms with E-state index in [9.17, 15) is 9.59 Å². The SMILES string of the molecule is CCCCCCCCCC[n+]1cccc(NC(=O)CCCC(=O)Nc2ccc[n+](CCCCCCCCCC)c2)c1.[Br-].[Br-]. The number of carbonyl (C=O) groups is 2. The normalized spacial score (nSPS) is 10.5. The van der Waals surface area contributed by atoms with Gasteiger partial charge in [0.2, 0.25) is 11.8 Å². The second-order valence-corrected chi connectivity index (χ2v) is 11.6. The number of nitrogens with zero attached hydrogens (tertiary/aromatic N) is 2. The Morgan fingerprint density at radius 2 is 0.884 bits per heavy atom. The fourth-order valence-electron chi connectivity index (χ4n) is 5.18. The lowest BCUT2D eigenvalue weighted by molar-refractivity contribution is -0.696. The molecule has 0 radical (unpaired) electrons. The summed E-state index contributed by atoms with van der Waals surface area (Å²) < 4.78 is 4.31. The third-order valence-corrected chi connectivity index (χ3v) is 7.63. The highest BCUT2D eigenvalue weighted by Crippen LogP contribution is 2.11. The van der Waals surface area contributed by atoms with E-state index in [1.54, 1.807) is 0 Å². The van der Waals surface area contributed by atoms with Crippen molar-refractivity contribution in [3.63, 3.8) is 0 Å². The fraction of sp³-hybridized carbons (Fsp3) is 0.657. The standard InChI is InChI=1S/C35H56N4O2.2BrH/c1-3-5-7-9-11-13-15-17-26-38-28-20-22-32(30-38)36-34(40)24-19-25-35(41)37-33-23-21-29-39(31-33)27-18-16-14-12-10-8-6-4-2;;/h20-23,28-31H,3-19,24-27H2,1-2H3;2*1H. The molecule has 2 aromatic heterocycles. The van der Waals surface area contributed by atoms with Gasteiger partial charge in [-0.1, -0.05) is 90.9 Å². The molecule has 0 atom stereocenters. The van der Waals surface area contributed by atoms with Crippen LogP contribution in [-0.4, -0.2) is 11.8 Å². The molecule has 6 nitrogen and oxygen atoms in total. The number of anilines is 2. The molecule has 2 aromatic rings. The number of rotatable bonds is 24. The van der Waals surface area contributed by atoms with Crippen molar-refractivity contribution in [1.29, 1.82) is 0 Å². The van der Waals surface area contributed by atoms with Crippen LogP contribution in [0.25, 0.3) is 0 Å². The van der Waals surface area contributed by atoms with E-state index >= 15 is 0 Å². The van der Waals surface area contributed by atoms with Gasteiger partial charge in [-0.2, -0.15) is 0 Å². The number of nitrogens with one attached hydrogen (secondary N) is 2. The lowest BCUT2D eigenvalue weighted by Gasteiger charge is -2.06. The Labute approximate surface area is 283 Å². The molecule has 0 spiro atoms. The Morgan fingerprint density at radius 3 is 1.26 bits per heavy atom. The molecule has 2 N–H and O–H groups in total. The molecule has 8 heteroatoms. The van der Waals surface area contributed by atoms with E-state index in [0.29, 0.717) is 19.3 Å². The monoisotopic (exact) mass is 724 g/mol. The van der Waals surface area contributed by atoms with Crippen molar-refractivity contribution in [1.82, 2.24) is 0 Å². The number of aromatic nitrogens is 2. The van der Waals surface area contributed by atoms with Crippen molar-refractivity contribution in [3.05, 3.63) is 49.1 Å². The fourth-order valence-corrected chi connectivity index (χ4v) is 5.18. The van der Waals surface area contributed by atoms with Crippen molar-refractivity contribution >= 4 is 23.2 Å². The molecule has 0 aliphatic heterocycles. The van der Waals surface area contributed by atoms with Gasteiger partial charge in [-0.3, -0.25) is 9.59 Å². The average molecular weight is 727 g/mol. The molecule has 2 rings (SSSR count). The highest BCUT2D eigenvalue weighted by Gasteiger charge is 2.10. The van der Waals surface area contributed by atoms with Gasteiger partial charge in [-0.05, 0) is 31.4 Å². The van der Waals surface area contributed by atoms with Crippen LogP contribution in [0, 0.1) is 0 Å². The van der Waals surface area contributed by atoms with Crippen LogP contribution in [0.2, 0.25) is 0 Å². The van der Waals surface area contributed by atoms with Crippen LogP contribution < -0.4 is 53.7 Å². The summed E-state index contributed by atoms with van der Waals surface area (Å²) >= 11 is 0. The van der Waals surface area contributed by atoms with Crippen molar-refractivity contribution in [2.45, 2.75) is 149 Å². The van der Waals surface area contributed by atoms with Crippen LogP contribution in [-0.2, 0) is 22.7 Å². The van der Waals surface area contributed by atoms with Crippen LogP contribution in [0.15, 0.2) is 49.1 Å². The molecular formula is C35H58Br2N4O2. The molecule has 244 valence electrons. The van der Waals surface area contributed by atoms with E-state index in [2.05, 4.69) is 46.0 Å². The summed E-state index contributed by atoms with van der Waals surface area (Å²) in [6.45, 7) is 6.45. The van der Waals surface area contributed by atoms with E-state index in [0.717, 1.165) is 37.3 Å². The first-order chi connectivity index (χ1) is 20.1. The molecule has 0 aliphatic carbocycles. The molecule has 0 aromatic carbocycles. The van der Waals surface area contributed by atoms with E-state index in [1.165, 1.54) is 89.9 Å². The van der Waals surface area contributed by atoms with Gasteiger partial charge in [0, 0.05) is 37.8 Å². The number of amides is 2. The molecule has 0 bridgehead atoms. The smallest absolute Gasteiger partial charge is 0.224 e. The Bertz CT molecular complexity index is 912. The lowest BCUT2D eigenvalue weighted by atomic mass is 10.1. The number of hydrogen-bond acceptors (Lipinski definition) is 2. The Balaban J connectivity index is 0.00000882. The third-order valence-electron chi connectivity index (χ3n) is 7.63. The van der Waals surface area contributed by atoms with Gasteiger partial charge in [0.05, 0.1) is 0 Å². The predicted octanol–water partition coefficient (Wildman–Crippen LogP) is 2.30. The zero-order valence-electron chi connectivity index (χ0n) is 26.9. The maximum atomic E-state index is 12.5. The summed E-state index contributed by atoms with van der Waals surface area (Å²) in [4.78, 5) is 24.9. The number of aryl methyl sites for hydroxylation is 2. The van der Waals surface area contributed by atoms with E-state index in [4.69, 9.17) is 0 Å². The second-order valence-electron chi connectivity index (χ2n) is 11.6. The van der Waals surface area contributed by atoms with Crippen molar-refractivity contribution < 1.29 is 52.7 Å². The summed E-state index contributed by atoms with van der Waals surface area (Å²) in [5.41, 5.74) is 1.62. The average Bonchev–Trinajstić information content (AvgIpc) is 2.96. The molecule has 2 amide bonds. The first-order valence-corrected chi connectivity index (χ1v) is 16.7. The summed E-state index contributed by atoms with van der Waals surface area (Å²) in [6.07, 6.45) is 30.2. The number of carbonyl (C=O) groups excluding carboxylic acids is 2. The molecular weight excluding hydrogens is 668 g/mol. The summed E-state index contributed by atoms with van der Waals surface area (Å²) in [6, 6.07) is 7.81. The van der Waals surface area contributed by atoms with E-state index in [-0.39, 0.29) is 45.8 Å². The highest BCUT2D eigenvalue weighted by molar-refractivity contribution is 5.92. The minimum atomic E-state index is -0.0504. The third kappa shape index (κ3) is 21.5. The quantitative estimate of drug-likeness (QED) is 0.129. The minimum Gasteiger partial charge on any atom is -1.00 e. The number of pyridine rings is 2. The highest BCUT2D eigenvalue weighted by atomic mass is 79.9. The summed E-state index contributed by atoms with van der Waals surface area (Å²) in [5, 5.41) is 5.98. The first kappa shape index (κ1) is 41.2. The maximum absolute atomic E-state index is 12.5. The van der Waals surface area contributed by atoms with Gasteiger partial charge in [0.1, 0.15) is 24.5 Å². The van der Waals surface area contributed by atoms with Crippen LogP contribution in [0.4, 0.5) is 11.4 Å². The van der Waals surface area contributed by atoms with E-state index in [1.807, 2.05) is 36.7 Å². The number of halogens is 2. The second kappa shape index (κ2) is 27.7. The Kier molecular flexibility index (Phi) is 26.6. The van der Waals surface area contributed by atoms with Crippen molar-refractivity contribution in [2.24, 2.45) is 0 Å². The largest absolute Gasteiger partial charge is 1.00 e. The van der Waals surface area contributed by atoms with Crippen LogP contribution in [0.5, 0.6) is 0 Å². The number of unbranched alkanes of at least 4 members (excludes halogenated alkanes) is 14. The molecule has 0 fully saturated rings.